The van der Waals surface area contributed by atoms with Gasteiger partial charge in [-0.1, -0.05) is 23.7 Å². The summed E-state index contributed by atoms with van der Waals surface area (Å²) in [7, 11) is 0. The molecular weight excluding hydrogens is 228 g/mol. The number of aliphatic hydroxyl groups excluding tert-OH is 1. The first-order chi connectivity index (χ1) is 7.16. The zero-order valence-corrected chi connectivity index (χ0v) is 9.85. The van der Waals surface area contributed by atoms with Crippen molar-refractivity contribution in [1.82, 2.24) is 0 Å². The molecule has 1 aromatic heterocycles. The largest absolute Gasteiger partial charge is 0.384 e. The van der Waals surface area contributed by atoms with Crippen molar-refractivity contribution >= 4 is 22.9 Å². The maximum Gasteiger partial charge on any atom is 0.105 e. The molecule has 1 nitrogen and oxygen atoms in total. The third-order valence-electron chi connectivity index (χ3n) is 2.25. The van der Waals surface area contributed by atoms with Crippen molar-refractivity contribution < 1.29 is 5.11 Å². The van der Waals surface area contributed by atoms with E-state index in [1.807, 2.05) is 30.5 Å². The van der Waals surface area contributed by atoms with E-state index in [4.69, 9.17) is 11.6 Å². The van der Waals surface area contributed by atoms with Gasteiger partial charge in [0, 0.05) is 9.90 Å². The Morgan fingerprint density at radius 1 is 1.20 bits per heavy atom. The number of halogens is 1. The molecule has 0 fully saturated rings. The molecule has 0 aliphatic carbocycles. The molecule has 0 radical (unpaired) electrons. The van der Waals surface area contributed by atoms with Gasteiger partial charge in [0.05, 0.1) is 0 Å². The van der Waals surface area contributed by atoms with Gasteiger partial charge in [-0.25, -0.2) is 0 Å². The topological polar surface area (TPSA) is 20.2 Å². The van der Waals surface area contributed by atoms with Crippen LogP contribution in [0.3, 0.4) is 0 Å². The average molecular weight is 239 g/mol. The molecule has 2 rings (SSSR count). The summed E-state index contributed by atoms with van der Waals surface area (Å²) in [6.07, 6.45) is -0.549. The summed E-state index contributed by atoms with van der Waals surface area (Å²) in [6, 6.07) is 9.28. The quantitative estimate of drug-likeness (QED) is 0.844. The fourth-order valence-electron chi connectivity index (χ4n) is 1.44. The second-order valence-electron chi connectivity index (χ2n) is 3.44. The summed E-state index contributed by atoms with van der Waals surface area (Å²) in [5.41, 5.74) is 1.82. The van der Waals surface area contributed by atoms with Crippen molar-refractivity contribution in [3.05, 3.63) is 56.7 Å². The van der Waals surface area contributed by atoms with Crippen LogP contribution in [0.2, 0.25) is 5.02 Å². The van der Waals surface area contributed by atoms with Gasteiger partial charge < -0.3 is 5.11 Å². The molecule has 78 valence electrons. The van der Waals surface area contributed by atoms with Gasteiger partial charge >= 0.3 is 0 Å². The van der Waals surface area contributed by atoms with E-state index in [1.165, 1.54) is 4.88 Å². The molecule has 1 unspecified atom stereocenters. The number of hydrogen-bond donors (Lipinski definition) is 1. The Labute approximate surface area is 98.0 Å². The van der Waals surface area contributed by atoms with E-state index in [0.29, 0.717) is 5.02 Å². The van der Waals surface area contributed by atoms with Crippen LogP contribution in [0.25, 0.3) is 0 Å². The normalized spacial score (nSPS) is 12.7. The van der Waals surface area contributed by atoms with E-state index >= 15 is 0 Å². The molecule has 15 heavy (non-hydrogen) atoms. The number of rotatable bonds is 2. The van der Waals surface area contributed by atoms with E-state index < -0.39 is 6.10 Å². The third-order valence-corrected chi connectivity index (χ3v) is 3.38. The zero-order valence-electron chi connectivity index (χ0n) is 8.27. The molecule has 1 aromatic carbocycles. The minimum atomic E-state index is -0.549. The molecule has 1 N–H and O–H groups in total. The SMILES string of the molecule is Cc1cc(C(O)c2ccc(Cl)cc2)cs1. The summed E-state index contributed by atoms with van der Waals surface area (Å²) in [6.45, 7) is 2.03. The molecule has 0 spiro atoms. The number of hydrogen-bond acceptors (Lipinski definition) is 2. The lowest BCUT2D eigenvalue weighted by molar-refractivity contribution is 0.221. The van der Waals surface area contributed by atoms with Crippen LogP contribution in [0.1, 0.15) is 22.1 Å². The molecule has 1 atom stereocenters. The molecule has 0 amide bonds. The maximum atomic E-state index is 10.1. The Kier molecular flexibility index (Phi) is 3.10. The first-order valence-corrected chi connectivity index (χ1v) is 5.91. The lowest BCUT2D eigenvalue weighted by Crippen LogP contribution is -1.97. The van der Waals surface area contributed by atoms with E-state index in [9.17, 15) is 5.11 Å². The van der Waals surface area contributed by atoms with Gasteiger partial charge in [0.15, 0.2) is 0 Å². The van der Waals surface area contributed by atoms with Crippen LogP contribution in [0.15, 0.2) is 35.7 Å². The van der Waals surface area contributed by atoms with Gasteiger partial charge in [-0.2, -0.15) is 0 Å². The van der Waals surface area contributed by atoms with Gasteiger partial charge in [0.25, 0.3) is 0 Å². The lowest BCUT2D eigenvalue weighted by Gasteiger charge is -2.08. The van der Waals surface area contributed by atoms with E-state index in [-0.39, 0.29) is 0 Å². The van der Waals surface area contributed by atoms with Gasteiger partial charge in [0.1, 0.15) is 6.10 Å². The van der Waals surface area contributed by atoms with E-state index in [0.717, 1.165) is 11.1 Å². The standard InChI is InChI=1S/C12H11ClOS/c1-8-6-10(7-15-8)12(14)9-2-4-11(13)5-3-9/h2-7,12,14H,1H3. The molecule has 0 saturated heterocycles. The van der Waals surface area contributed by atoms with Crippen LogP contribution in [0, 0.1) is 6.92 Å². The molecule has 0 bridgehead atoms. The summed E-state index contributed by atoms with van der Waals surface area (Å²) in [5.74, 6) is 0. The summed E-state index contributed by atoms with van der Waals surface area (Å²) in [5, 5.41) is 12.7. The van der Waals surface area contributed by atoms with Crippen molar-refractivity contribution in [3.63, 3.8) is 0 Å². The van der Waals surface area contributed by atoms with Gasteiger partial charge in [-0.05, 0) is 41.6 Å². The fourth-order valence-corrected chi connectivity index (χ4v) is 2.29. The maximum absolute atomic E-state index is 10.1. The Morgan fingerprint density at radius 2 is 1.87 bits per heavy atom. The average Bonchev–Trinajstić information content (AvgIpc) is 2.65. The number of aliphatic hydroxyl groups is 1. The van der Waals surface area contributed by atoms with Crippen LogP contribution in [-0.4, -0.2) is 5.11 Å². The number of aryl methyl sites for hydroxylation is 1. The van der Waals surface area contributed by atoms with E-state index in [1.54, 1.807) is 23.5 Å². The Hall–Kier alpha value is -0.830. The van der Waals surface area contributed by atoms with Crippen LogP contribution < -0.4 is 0 Å². The first kappa shape index (κ1) is 10.7. The molecule has 0 saturated carbocycles. The van der Waals surface area contributed by atoms with Gasteiger partial charge in [0.2, 0.25) is 0 Å². The van der Waals surface area contributed by atoms with Crippen molar-refractivity contribution in [2.24, 2.45) is 0 Å². The molecule has 3 heteroatoms. The lowest BCUT2D eigenvalue weighted by atomic mass is 10.0. The van der Waals surface area contributed by atoms with Crippen LogP contribution in [0.4, 0.5) is 0 Å². The highest BCUT2D eigenvalue weighted by Gasteiger charge is 2.11. The first-order valence-electron chi connectivity index (χ1n) is 4.65. The Morgan fingerprint density at radius 3 is 2.40 bits per heavy atom. The number of benzene rings is 1. The molecule has 1 heterocycles. The molecule has 0 aliphatic heterocycles. The highest BCUT2D eigenvalue weighted by Crippen LogP contribution is 2.26. The summed E-state index contributed by atoms with van der Waals surface area (Å²) < 4.78 is 0. The summed E-state index contributed by atoms with van der Waals surface area (Å²) >= 11 is 7.43. The fraction of sp³-hybridized carbons (Fsp3) is 0.167. The van der Waals surface area contributed by atoms with Gasteiger partial charge in [-0.3, -0.25) is 0 Å². The summed E-state index contributed by atoms with van der Waals surface area (Å²) in [4.78, 5) is 1.21. The van der Waals surface area contributed by atoms with Gasteiger partial charge in [-0.15, -0.1) is 11.3 Å². The van der Waals surface area contributed by atoms with Crippen molar-refractivity contribution in [3.8, 4) is 0 Å². The van der Waals surface area contributed by atoms with Crippen LogP contribution in [-0.2, 0) is 0 Å². The second-order valence-corrected chi connectivity index (χ2v) is 5.00. The van der Waals surface area contributed by atoms with Crippen molar-refractivity contribution in [1.29, 1.82) is 0 Å². The monoisotopic (exact) mass is 238 g/mol. The molecule has 0 aliphatic rings. The highest BCUT2D eigenvalue weighted by atomic mass is 35.5. The third kappa shape index (κ3) is 2.40. The predicted octanol–water partition coefficient (Wildman–Crippen LogP) is 3.79. The predicted molar refractivity (Wildman–Crippen MR) is 64.6 cm³/mol. The van der Waals surface area contributed by atoms with Crippen molar-refractivity contribution in [2.45, 2.75) is 13.0 Å². The second kappa shape index (κ2) is 4.35. The molecular formula is C12H11ClOS. The van der Waals surface area contributed by atoms with Crippen LogP contribution in [0.5, 0.6) is 0 Å². The Balaban J connectivity index is 2.28. The minimum absolute atomic E-state index is 0.549. The zero-order chi connectivity index (χ0) is 10.8. The Bertz CT molecular complexity index is 447. The smallest absolute Gasteiger partial charge is 0.105 e. The molecule has 2 aromatic rings. The minimum Gasteiger partial charge on any atom is -0.384 e. The van der Waals surface area contributed by atoms with Crippen LogP contribution >= 0.6 is 22.9 Å². The highest BCUT2D eigenvalue weighted by molar-refractivity contribution is 7.10. The van der Waals surface area contributed by atoms with Crippen molar-refractivity contribution in [2.75, 3.05) is 0 Å². The van der Waals surface area contributed by atoms with E-state index in [2.05, 4.69) is 0 Å². The number of thiophene rings is 1.